The molecule has 0 aliphatic rings. The van der Waals surface area contributed by atoms with Crippen molar-refractivity contribution in [2.45, 2.75) is 6.92 Å². The van der Waals surface area contributed by atoms with Gasteiger partial charge >= 0.3 is 0 Å². The van der Waals surface area contributed by atoms with Crippen molar-refractivity contribution in [2.75, 3.05) is 24.3 Å². The van der Waals surface area contributed by atoms with Gasteiger partial charge in [-0.15, -0.1) is 11.3 Å². The molecule has 24 heavy (non-hydrogen) atoms. The molecule has 0 spiro atoms. The lowest BCUT2D eigenvalue weighted by Gasteiger charge is -2.16. The number of anilines is 2. The second kappa shape index (κ2) is 6.76. The van der Waals surface area contributed by atoms with Gasteiger partial charge in [-0.25, -0.2) is 9.97 Å². The van der Waals surface area contributed by atoms with E-state index in [-0.39, 0.29) is 5.91 Å². The molecule has 0 aliphatic heterocycles. The molecule has 7 heteroatoms. The van der Waals surface area contributed by atoms with Crippen LogP contribution in [0.15, 0.2) is 41.9 Å². The molecule has 0 bridgehead atoms. The van der Waals surface area contributed by atoms with Gasteiger partial charge in [0.05, 0.1) is 11.4 Å². The number of pyridine rings is 2. The van der Waals surface area contributed by atoms with Crippen LogP contribution in [0.5, 0.6) is 0 Å². The van der Waals surface area contributed by atoms with E-state index in [1.165, 1.54) is 11.3 Å². The van der Waals surface area contributed by atoms with Crippen molar-refractivity contribution in [1.82, 2.24) is 15.0 Å². The Morgan fingerprint density at radius 3 is 2.71 bits per heavy atom. The third kappa shape index (κ3) is 3.41. The van der Waals surface area contributed by atoms with Gasteiger partial charge in [-0.05, 0) is 31.2 Å². The molecular formula is C17H17N5OS. The Balaban J connectivity index is 1.83. The summed E-state index contributed by atoms with van der Waals surface area (Å²) in [5.74, 6) is 0.450. The first-order valence-corrected chi connectivity index (χ1v) is 8.26. The smallest absolute Gasteiger partial charge is 0.275 e. The van der Waals surface area contributed by atoms with Gasteiger partial charge in [-0.2, -0.15) is 0 Å². The molecule has 3 rings (SSSR count). The highest BCUT2D eigenvalue weighted by molar-refractivity contribution is 7.13. The van der Waals surface area contributed by atoms with E-state index >= 15 is 0 Å². The van der Waals surface area contributed by atoms with E-state index in [1.807, 2.05) is 56.3 Å². The van der Waals surface area contributed by atoms with Crippen molar-refractivity contribution in [3.8, 4) is 10.7 Å². The third-order valence-electron chi connectivity index (χ3n) is 3.31. The van der Waals surface area contributed by atoms with Crippen LogP contribution >= 0.6 is 11.3 Å². The van der Waals surface area contributed by atoms with Gasteiger partial charge in [-0.1, -0.05) is 6.07 Å². The number of aromatic nitrogens is 3. The zero-order valence-electron chi connectivity index (χ0n) is 13.6. The molecule has 122 valence electrons. The van der Waals surface area contributed by atoms with E-state index in [0.29, 0.717) is 17.2 Å². The third-order valence-corrected chi connectivity index (χ3v) is 4.17. The summed E-state index contributed by atoms with van der Waals surface area (Å²) >= 11 is 1.39. The average Bonchev–Trinajstić information content (AvgIpc) is 3.07. The number of rotatable bonds is 4. The minimum atomic E-state index is -0.262. The fourth-order valence-corrected chi connectivity index (χ4v) is 2.93. The van der Waals surface area contributed by atoms with Crippen LogP contribution in [-0.2, 0) is 0 Å². The first kappa shape index (κ1) is 16.1. The van der Waals surface area contributed by atoms with Gasteiger partial charge in [0.15, 0.2) is 5.82 Å². The summed E-state index contributed by atoms with van der Waals surface area (Å²) in [5, 5.41) is 5.33. The SMILES string of the molecule is Cc1ccc(NC(=O)c2csc(-c3ccccn3)n2)c(N(C)C)n1. The Kier molecular flexibility index (Phi) is 4.52. The summed E-state index contributed by atoms with van der Waals surface area (Å²) in [5.41, 5.74) is 2.67. The Morgan fingerprint density at radius 2 is 2.00 bits per heavy atom. The minimum Gasteiger partial charge on any atom is -0.361 e. The van der Waals surface area contributed by atoms with Crippen LogP contribution < -0.4 is 10.2 Å². The van der Waals surface area contributed by atoms with Crippen LogP contribution in [0.4, 0.5) is 11.5 Å². The molecular weight excluding hydrogens is 322 g/mol. The van der Waals surface area contributed by atoms with Gasteiger partial charge in [0.2, 0.25) is 0 Å². The summed E-state index contributed by atoms with van der Waals surface area (Å²) in [6.07, 6.45) is 1.71. The van der Waals surface area contributed by atoms with Gasteiger partial charge in [0.1, 0.15) is 10.7 Å². The standard InChI is InChI=1S/C17H17N5OS/c1-11-7-8-12(15(19-11)22(2)3)20-16(23)14-10-24-17(21-14)13-6-4-5-9-18-13/h4-10H,1-3H3,(H,20,23). The molecule has 0 saturated carbocycles. The molecule has 0 aromatic carbocycles. The maximum absolute atomic E-state index is 12.5. The molecule has 0 atom stereocenters. The number of aryl methyl sites for hydroxylation is 1. The Hall–Kier alpha value is -2.80. The second-order valence-corrected chi connectivity index (χ2v) is 6.28. The Labute approximate surface area is 144 Å². The van der Waals surface area contributed by atoms with E-state index in [4.69, 9.17) is 0 Å². The summed E-state index contributed by atoms with van der Waals surface area (Å²) in [6, 6.07) is 9.32. The lowest BCUT2D eigenvalue weighted by atomic mass is 10.3. The van der Waals surface area contributed by atoms with Crippen LogP contribution in [0.3, 0.4) is 0 Å². The predicted molar refractivity (Wildman–Crippen MR) is 96.6 cm³/mol. The Morgan fingerprint density at radius 1 is 1.17 bits per heavy atom. The largest absolute Gasteiger partial charge is 0.361 e. The van der Waals surface area contributed by atoms with Gasteiger partial charge in [0, 0.05) is 31.4 Å². The number of carbonyl (C=O) groups excluding carboxylic acids is 1. The molecule has 3 aromatic rings. The summed E-state index contributed by atoms with van der Waals surface area (Å²) < 4.78 is 0. The van der Waals surface area contributed by atoms with E-state index in [1.54, 1.807) is 11.6 Å². The van der Waals surface area contributed by atoms with E-state index in [0.717, 1.165) is 16.4 Å². The highest BCUT2D eigenvalue weighted by atomic mass is 32.1. The number of hydrogen-bond donors (Lipinski definition) is 1. The van der Waals surface area contributed by atoms with Crippen LogP contribution in [-0.4, -0.2) is 35.0 Å². The quantitative estimate of drug-likeness (QED) is 0.790. The lowest BCUT2D eigenvalue weighted by Crippen LogP contribution is -2.18. The monoisotopic (exact) mass is 339 g/mol. The molecule has 6 nitrogen and oxygen atoms in total. The number of carbonyl (C=O) groups is 1. The molecule has 0 fully saturated rings. The maximum Gasteiger partial charge on any atom is 0.275 e. The molecule has 0 unspecified atom stereocenters. The van der Waals surface area contributed by atoms with Crippen LogP contribution in [0.2, 0.25) is 0 Å². The van der Waals surface area contributed by atoms with Crippen molar-refractivity contribution < 1.29 is 4.79 Å². The number of nitrogens with one attached hydrogen (secondary N) is 1. The average molecular weight is 339 g/mol. The van der Waals surface area contributed by atoms with Crippen molar-refractivity contribution in [1.29, 1.82) is 0 Å². The maximum atomic E-state index is 12.5. The zero-order valence-corrected chi connectivity index (χ0v) is 14.5. The van der Waals surface area contributed by atoms with Crippen molar-refractivity contribution >= 4 is 28.7 Å². The van der Waals surface area contributed by atoms with E-state index < -0.39 is 0 Å². The minimum absolute atomic E-state index is 0.262. The van der Waals surface area contributed by atoms with Crippen molar-refractivity contribution in [2.24, 2.45) is 0 Å². The number of hydrogen-bond acceptors (Lipinski definition) is 6. The van der Waals surface area contributed by atoms with Crippen LogP contribution in [0.1, 0.15) is 16.2 Å². The van der Waals surface area contributed by atoms with Gasteiger partial charge in [0.25, 0.3) is 5.91 Å². The van der Waals surface area contributed by atoms with Crippen molar-refractivity contribution in [3.05, 3.63) is 53.3 Å². The molecule has 0 aliphatic carbocycles. The molecule has 3 aromatic heterocycles. The highest BCUT2D eigenvalue weighted by Crippen LogP contribution is 2.25. The molecule has 3 heterocycles. The zero-order chi connectivity index (χ0) is 17.1. The van der Waals surface area contributed by atoms with Crippen LogP contribution in [0, 0.1) is 6.92 Å². The topological polar surface area (TPSA) is 71.0 Å². The van der Waals surface area contributed by atoms with E-state index in [2.05, 4.69) is 20.3 Å². The number of amides is 1. The first-order valence-electron chi connectivity index (χ1n) is 7.38. The highest BCUT2D eigenvalue weighted by Gasteiger charge is 2.15. The molecule has 1 amide bonds. The molecule has 0 saturated heterocycles. The van der Waals surface area contributed by atoms with E-state index in [9.17, 15) is 4.79 Å². The molecule has 0 radical (unpaired) electrons. The fourth-order valence-electron chi connectivity index (χ4n) is 2.15. The fraction of sp³-hybridized carbons (Fsp3) is 0.176. The number of thiazole rings is 1. The predicted octanol–water partition coefficient (Wildman–Crippen LogP) is 3.23. The summed E-state index contributed by atoms with van der Waals surface area (Å²) in [4.78, 5) is 27.4. The summed E-state index contributed by atoms with van der Waals surface area (Å²) in [6.45, 7) is 1.91. The van der Waals surface area contributed by atoms with Crippen molar-refractivity contribution in [3.63, 3.8) is 0 Å². The van der Waals surface area contributed by atoms with Gasteiger partial charge in [-0.3, -0.25) is 9.78 Å². The normalized spacial score (nSPS) is 10.5. The van der Waals surface area contributed by atoms with Crippen LogP contribution in [0.25, 0.3) is 10.7 Å². The second-order valence-electron chi connectivity index (χ2n) is 5.43. The summed E-state index contributed by atoms with van der Waals surface area (Å²) in [7, 11) is 3.78. The lowest BCUT2D eigenvalue weighted by molar-refractivity contribution is 0.102. The number of nitrogens with zero attached hydrogens (tertiary/aromatic N) is 4. The van der Waals surface area contributed by atoms with Gasteiger partial charge < -0.3 is 10.2 Å². The molecule has 1 N–H and O–H groups in total. The first-order chi connectivity index (χ1) is 11.5. The Bertz CT molecular complexity index is 860.